The molecule has 4 rings (SSSR count). The minimum Gasteiger partial charge on any atom is -0.477 e. The van der Waals surface area contributed by atoms with Crippen LogP contribution in [0, 0.1) is 22.2 Å². The van der Waals surface area contributed by atoms with Crippen LogP contribution in [0.1, 0.15) is 34.8 Å². The molecule has 0 aliphatic heterocycles. The van der Waals surface area contributed by atoms with Gasteiger partial charge in [-0.05, 0) is 42.3 Å². The Balaban J connectivity index is 1.81. The number of Topliss-reactive ketones (excluding diaryl/α,β-unsaturated/α-hetero) is 1. The van der Waals surface area contributed by atoms with Crippen molar-refractivity contribution in [3.8, 4) is 6.07 Å². The maximum absolute atomic E-state index is 13.8. The Morgan fingerprint density at radius 2 is 1.65 bits per heavy atom. The minimum atomic E-state index is -4.00. The number of nitriles is 1. The summed E-state index contributed by atoms with van der Waals surface area (Å²) in [5, 5.41) is 27.2. The fourth-order valence-corrected chi connectivity index (χ4v) is 5.81. The SMILES string of the molecule is CC(CC(=N)C(=O)O)(Cc1ccccc1)C(=O)c1ccc2c(c1)c(C#N)cn2S(=O)(=O)c1ccccc1. The van der Waals surface area contributed by atoms with Crippen LogP contribution < -0.4 is 0 Å². The second kappa shape index (κ2) is 9.84. The van der Waals surface area contributed by atoms with Crippen LogP contribution in [0.2, 0.25) is 0 Å². The van der Waals surface area contributed by atoms with Gasteiger partial charge in [-0.15, -0.1) is 0 Å². The summed E-state index contributed by atoms with van der Waals surface area (Å²) < 4.78 is 27.5. The number of rotatable bonds is 9. The second-order valence-electron chi connectivity index (χ2n) is 9.01. The third kappa shape index (κ3) is 4.92. The molecule has 1 aromatic heterocycles. The molecule has 0 amide bonds. The Morgan fingerprint density at radius 3 is 2.24 bits per heavy atom. The molecule has 37 heavy (non-hydrogen) atoms. The Labute approximate surface area is 214 Å². The lowest BCUT2D eigenvalue weighted by atomic mass is 9.73. The summed E-state index contributed by atoms with van der Waals surface area (Å²) in [5.74, 6) is -1.82. The van der Waals surface area contributed by atoms with Crippen LogP contribution >= 0.6 is 0 Å². The van der Waals surface area contributed by atoms with E-state index in [9.17, 15) is 28.4 Å². The Kier molecular flexibility index (Phi) is 6.79. The first kappa shape index (κ1) is 25.5. The van der Waals surface area contributed by atoms with Crippen LogP contribution in [-0.2, 0) is 21.2 Å². The molecule has 0 aliphatic rings. The van der Waals surface area contributed by atoms with E-state index in [0.29, 0.717) is 0 Å². The quantitative estimate of drug-likeness (QED) is 0.246. The van der Waals surface area contributed by atoms with Gasteiger partial charge in [0.1, 0.15) is 11.8 Å². The van der Waals surface area contributed by atoms with Crippen LogP contribution in [0.5, 0.6) is 0 Å². The lowest BCUT2D eigenvalue weighted by molar-refractivity contribution is -0.129. The number of carboxylic acid groups (broad SMARTS) is 1. The van der Waals surface area contributed by atoms with E-state index < -0.39 is 32.9 Å². The number of hydrogen-bond acceptors (Lipinski definition) is 6. The van der Waals surface area contributed by atoms with Gasteiger partial charge in [0.25, 0.3) is 10.0 Å². The van der Waals surface area contributed by atoms with E-state index in [0.717, 1.165) is 9.54 Å². The van der Waals surface area contributed by atoms with Gasteiger partial charge in [0, 0.05) is 29.0 Å². The Bertz CT molecular complexity index is 1670. The van der Waals surface area contributed by atoms with Crippen molar-refractivity contribution in [2.75, 3.05) is 0 Å². The zero-order chi connectivity index (χ0) is 26.8. The van der Waals surface area contributed by atoms with Gasteiger partial charge < -0.3 is 5.11 Å². The predicted molar refractivity (Wildman–Crippen MR) is 138 cm³/mol. The zero-order valence-corrected chi connectivity index (χ0v) is 20.7. The standard InChI is InChI=1S/C28H23N3O5S/c1-28(16-24(30)27(33)34,15-19-8-4-2-5-9-19)26(32)20-12-13-25-23(14-20)21(17-29)18-31(25)37(35,36)22-10-6-3-7-11-22/h2-14,18,30H,15-16H2,1H3,(H,33,34). The number of nitrogens with zero attached hydrogens (tertiary/aromatic N) is 2. The van der Waals surface area contributed by atoms with Gasteiger partial charge in [-0.3, -0.25) is 10.2 Å². The molecular formula is C28H23N3O5S. The highest BCUT2D eigenvalue weighted by molar-refractivity contribution is 7.90. The Morgan fingerprint density at radius 1 is 1.03 bits per heavy atom. The van der Waals surface area contributed by atoms with Crippen molar-refractivity contribution in [1.29, 1.82) is 10.7 Å². The van der Waals surface area contributed by atoms with E-state index in [1.165, 1.54) is 36.5 Å². The van der Waals surface area contributed by atoms with E-state index >= 15 is 0 Å². The third-order valence-electron chi connectivity index (χ3n) is 6.26. The highest BCUT2D eigenvalue weighted by Gasteiger charge is 2.37. The number of benzene rings is 3. The van der Waals surface area contributed by atoms with Crippen LogP contribution in [0.25, 0.3) is 10.9 Å². The number of aliphatic carboxylic acids is 1. The van der Waals surface area contributed by atoms with Gasteiger partial charge >= 0.3 is 5.97 Å². The highest BCUT2D eigenvalue weighted by Crippen LogP contribution is 2.34. The molecule has 1 atom stereocenters. The van der Waals surface area contributed by atoms with E-state index in [1.54, 1.807) is 25.1 Å². The molecule has 1 heterocycles. The van der Waals surface area contributed by atoms with Crippen LogP contribution in [0.4, 0.5) is 0 Å². The first-order valence-electron chi connectivity index (χ1n) is 11.3. The number of carbonyl (C=O) groups is 2. The molecule has 0 saturated carbocycles. The van der Waals surface area contributed by atoms with E-state index in [4.69, 9.17) is 5.41 Å². The summed E-state index contributed by atoms with van der Waals surface area (Å²) in [6.07, 6.45) is 1.11. The minimum absolute atomic E-state index is 0.0548. The average Bonchev–Trinajstić information content (AvgIpc) is 3.28. The summed E-state index contributed by atoms with van der Waals surface area (Å²) >= 11 is 0. The van der Waals surface area contributed by atoms with Crippen molar-refractivity contribution in [3.63, 3.8) is 0 Å². The molecular weight excluding hydrogens is 490 g/mol. The number of aromatic nitrogens is 1. The Hall–Kier alpha value is -4.55. The summed E-state index contributed by atoms with van der Waals surface area (Å²) in [5.41, 5.74) is -0.556. The fraction of sp³-hybridized carbons (Fsp3) is 0.143. The van der Waals surface area contributed by atoms with E-state index in [1.807, 2.05) is 36.4 Å². The van der Waals surface area contributed by atoms with Crippen molar-refractivity contribution in [2.45, 2.75) is 24.7 Å². The molecule has 2 N–H and O–H groups in total. The molecule has 4 aromatic rings. The number of ketones is 1. The van der Waals surface area contributed by atoms with Gasteiger partial charge in [-0.1, -0.05) is 55.5 Å². The van der Waals surface area contributed by atoms with Crippen molar-refractivity contribution < 1.29 is 23.1 Å². The van der Waals surface area contributed by atoms with Gasteiger partial charge in [0.15, 0.2) is 5.78 Å². The fourth-order valence-electron chi connectivity index (χ4n) is 4.42. The van der Waals surface area contributed by atoms with Gasteiger partial charge in [0.05, 0.1) is 16.0 Å². The largest absolute Gasteiger partial charge is 0.477 e. The zero-order valence-electron chi connectivity index (χ0n) is 19.9. The first-order chi connectivity index (χ1) is 17.6. The summed E-state index contributed by atoms with van der Waals surface area (Å²) in [7, 11) is -4.00. The third-order valence-corrected chi connectivity index (χ3v) is 7.95. The van der Waals surface area contributed by atoms with Crippen LogP contribution in [0.3, 0.4) is 0 Å². The average molecular weight is 514 g/mol. The molecule has 1 unspecified atom stereocenters. The second-order valence-corrected chi connectivity index (χ2v) is 10.8. The highest BCUT2D eigenvalue weighted by atomic mass is 32.2. The van der Waals surface area contributed by atoms with Crippen molar-refractivity contribution >= 4 is 38.4 Å². The number of carbonyl (C=O) groups excluding carboxylic acids is 1. The molecule has 0 bridgehead atoms. The number of fused-ring (bicyclic) bond motifs is 1. The normalized spacial score (nSPS) is 13.0. The lowest BCUT2D eigenvalue weighted by Crippen LogP contribution is -2.35. The van der Waals surface area contributed by atoms with Gasteiger partial charge in [0.2, 0.25) is 0 Å². The lowest BCUT2D eigenvalue weighted by Gasteiger charge is -2.28. The molecule has 0 radical (unpaired) electrons. The maximum Gasteiger partial charge on any atom is 0.349 e. The number of hydrogen-bond donors (Lipinski definition) is 2. The van der Waals surface area contributed by atoms with Gasteiger partial charge in [-0.25, -0.2) is 17.2 Å². The molecule has 0 fully saturated rings. The van der Waals surface area contributed by atoms with Crippen LogP contribution in [-0.4, -0.2) is 35.0 Å². The van der Waals surface area contributed by atoms with Gasteiger partial charge in [-0.2, -0.15) is 5.26 Å². The molecule has 0 spiro atoms. The molecule has 8 nitrogen and oxygen atoms in total. The summed E-state index contributed by atoms with van der Waals surface area (Å²) in [4.78, 5) is 25.3. The molecule has 0 aliphatic carbocycles. The number of nitrogens with one attached hydrogen (secondary N) is 1. The molecule has 0 saturated heterocycles. The monoisotopic (exact) mass is 513 g/mol. The number of carboxylic acids is 1. The molecule has 3 aromatic carbocycles. The summed E-state index contributed by atoms with van der Waals surface area (Å²) in [6.45, 7) is 1.61. The molecule has 186 valence electrons. The van der Waals surface area contributed by atoms with E-state index in [2.05, 4.69) is 0 Å². The first-order valence-corrected chi connectivity index (χ1v) is 12.8. The van der Waals surface area contributed by atoms with Crippen LogP contribution in [0.15, 0.2) is 90.0 Å². The van der Waals surface area contributed by atoms with E-state index in [-0.39, 0.29) is 39.8 Å². The van der Waals surface area contributed by atoms with Crippen molar-refractivity contribution in [3.05, 3.63) is 102 Å². The van der Waals surface area contributed by atoms with Crippen molar-refractivity contribution in [1.82, 2.24) is 3.97 Å². The maximum atomic E-state index is 13.8. The molecule has 9 heteroatoms. The smallest absolute Gasteiger partial charge is 0.349 e. The summed E-state index contributed by atoms with van der Waals surface area (Å²) in [6, 6.07) is 23.3. The predicted octanol–water partition coefficient (Wildman–Crippen LogP) is 4.68. The van der Waals surface area contributed by atoms with Crippen molar-refractivity contribution in [2.24, 2.45) is 5.41 Å². The topological polar surface area (TPSA) is 141 Å².